The first-order valence-electron chi connectivity index (χ1n) is 5.32. The molecule has 0 saturated heterocycles. The van der Waals surface area contributed by atoms with Crippen molar-refractivity contribution in [2.75, 3.05) is 7.11 Å². The fourth-order valence-electron chi connectivity index (χ4n) is 1.79. The van der Waals surface area contributed by atoms with Gasteiger partial charge in [0, 0.05) is 10.9 Å². The summed E-state index contributed by atoms with van der Waals surface area (Å²) in [5, 5.41) is 3.00. The van der Waals surface area contributed by atoms with E-state index in [4.69, 9.17) is 16.3 Å². The van der Waals surface area contributed by atoms with Crippen LogP contribution in [0.4, 0.5) is 0 Å². The smallest absolute Gasteiger partial charge is 0.122 e. The Morgan fingerprint density at radius 3 is 2.65 bits per heavy atom. The van der Waals surface area contributed by atoms with Crippen LogP contribution in [0.15, 0.2) is 17.5 Å². The van der Waals surface area contributed by atoms with Gasteiger partial charge in [-0.1, -0.05) is 0 Å². The summed E-state index contributed by atoms with van der Waals surface area (Å²) in [5.41, 5.74) is 4.51. The summed E-state index contributed by atoms with van der Waals surface area (Å²) in [7, 11) is 1.69. The highest BCUT2D eigenvalue weighted by Gasteiger charge is 2.11. The third kappa shape index (κ3) is 2.31. The van der Waals surface area contributed by atoms with Gasteiger partial charge in [0.15, 0.2) is 0 Å². The maximum absolute atomic E-state index is 5.77. The molecule has 1 aromatic heterocycles. The molecule has 0 atom stereocenters. The Hall–Kier alpha value is -1.06. The number of halogens is 1. The lowest BCUT2D eigenvalue weighted by Crippen LogP contribution is -1.93. The minimum atomic E-state index is 0.471. The molecule has 1 aromatic carbocycles. The zero-order valence-electron chi connectivity index (χ0n) is 10.1. The zero-order valence-corrected chi connectivity index (χ0v) is 11.7. The first-order valence-corrected chi connectivity index (χ1v) is 6.73. The van der Waals surface area contributed by atoms with Gasteiger partial charge in [-0.15, -0.1) is 22.9 Å². The SMILES string of the molecule is COc1ccc(-c2csc(CCl)n2)c(C)c1C. The van der Waals surface area contributed by atoms with Crippen molar-refractivity contribution in [3.8, 4) is 17.0 Å². The predicted octanol–water partition coefficient (Wildman–Crippen LogP) is 4.17. The van der Waals surface area contributed by atoms with E-state index in [-0.39, 0.29) is 0 Å². The Kier molecular flexibility index (Phi) is 3.69. The molecular weight excluding hydrogens is 254 g/mol. The lowest BCUT2D eigenvalue weighted by atomic mass is 10.0. The van der Waals surface area contributed by atoms with Gasteiger partial charge in [-0.05, 0) is 37.1 Å². The van der Waals surface area contributed by atoms with Crippen molar-refractivity contribution in [3.63, 3.8) is 0 Å². The van der Waals surface area contributed by atoms with Crippen LogP contribution in [0.2, 0.25) is 0 Å². The Bertz CT molecular complexity index is 536. The number of rotatable bonds is 3. The maximum atomic E-state index is 5.77. The molecule has 0 spiro atoms. The van der Waals surface area contributed by atoms with Crippen molar-refractivity contribution in [1.29, 1.82) is 0 Å². The second-order valence-corrected chi connectivity index (χ2v) is 5.04. The van der Waals surface area contributed by atoms with E-state index in [1.807, 2.05) is 17.5 Å². The molecule has 2 nitrogen and oxygen atoms in total. The first kappa shape index (κ1) is 12.4. The van der Waals surface area contributed by atoms with Crippen LogP contribution >= 0.6 is 22.9 Å². The average Bonchev–Trinajstić information content (AvgIpc) is 2.81. The summed E-state index contributed by atoms with van der Waals surface area (Å²) in [5.74, 6) is 1.39. The van der Waals surface area contributed by atoms with Gasteiger partial charge < -0.3 is 4.74 Å². The van der Waals surface area contributed by atoms with Crippen molar-refractivity contribution in [3.05, 3.63) is 33.6 Å². The first-order chi connectivity index (χ1) is 8.17. The van der Waals surface area contributed by atoms with E-state index in [0.717, 1.165) is 27.6 Å². The average molecular weight is 268 g/mol. The number of benzene rings is 1. The molecule has 2 aromatic rings. The fourth-order valence-corrected chi connectivity index (χ4v) is 2.68. The molecule has 0 fully saturated rings. The Labute approximate surface area is 110 Å². The predicted molar refractivity (Wildman–Crippen MR) is 73.1 cm³/mol. The molecule has 0 amide bonds. The molecule has 0 aliphatic rings. The van der Waals surface area contributed by atoms with E-state index in [0.29, 0.717) is 5.88 Å². The molecule has 17 heavy (non-hydrogen) atoms. The lowest BCUT2D eigenvalue weighted by Gasteiger charge is -2.10. The molecule has 2 rings (SSSR count). The normalized spacial score (nSPS) is 10.6. The second kappa shape index (κ2) is 5.07. The van der Waals surface area contributed by atoms with Crippen LogP contribution in [-0.4, -0.2) is 12.1 Å². The van der Waals surface area contributed by atoms with Gasteiger partial charge in [0.2, 0.25) is 0 Å². The van der Waals surface area contributed by atoms with E-state index in [1.165, 1.54) is 5.56 Å². The maximum Gasteiger partial charge on any atom is 0.122 e. The topological polar surface area (TPSA) is 22.1 Å². The highest BCUT2D eigenvalue weighted by atomic mass is 35.5. The molecule has 0 unspecified atom stereocenters. The number of aromatic nitrogens is 1. The number of alkyl halides is 1. The molecule has 0 saturated carbocycles. The fraction of sp³-hybridized carbons (Fsp3) is 0.308. The third-order valence-corrected chi connectivity index (χ3v) is 4.16. The Morgan fingerprint density at radius 2 is 2.06 bits per heavy atom. The van der Waals surface area contributed by atoms with E-state index in [1.54, 1.807) is 18.4 Å². The van der Waals surface area contributed by atoms with Crippen LogP contribution in [-0.2, 0) is 5.88 Å². The minimum Gasteiger partial charge on any atom is -0.496 e. The van der Waals surface area contributed by atoms with Crippen LogP contribution in [0.1, 0.15) is 16.1 Å². The van der Waals surface area contributed by atoms with Crippen LogP contribution < -0.4 is 4.74 Å². The van der Waals surface area contributed by atoms with E-state index in [9.17, 15) is 0 Å². The van der Waals surface area contributed by atoms with E-state index >= 15 is 0 Å². The number of nitrogens with zero attached hydrogens (tertiary/aromatic N) is 1. The van der Waals surface area contributed by atoms with Gasteiger partial charge in [0.05, 0.1) is 18.7 Å². The largest absolute Gasteiger partial charge is 0.496 e. The Morgan fingerprint density at radius 1 is 1.29 bits per heavy atom. The molecule has 0 aliphatic heterocycles. The molecule has 0 N–H and O–H groups in total. The van der Waals surface area contributed by atoms with Crippen LogP contribution in [0.5, 0.6) is 5.75 Å². The summed E-state index contributed by atoms with van der Waals surface area (Å²) >= 11 is 7.37. The summed E-state index contributed by atoms with van der Waals surface area (Å²) in [4.78, 5) is 4.50. The van der Waals surface area contributed by atoms with E-state index in [2.05, 4.69) is 18.8 Å². The highest BCUT2D eigenvalue weighted by Crippen LogP contribution is 2.31. The quantitative estimate of drug-likeness (QED) is 0.779. The highest BCUT2D eigenvalue weighted by molar-refractivity contribution is 7.10. The van der Waals surface area contributed by atoms with Gasteiger partial charge in [-0.3, -0.25) is 0 Å². The van der Waals surface area contributed by atoms with Crippen molar-refractivity contribution in [2.45, 2.75) is 19.7 Å². The molecule has 4 heteroatoms. The number of hydrogen-bond donors (Lipinski definition) is 0. The molecule has 90 valence electrons. The van der Waals surface area contributed by atoms with Gasteiger partial charge in [-0.25, -0.2) is 4.98 Å². The lowest BCUT2D eigenvalue weighted by molar-refractivity contribution is 0.411. The molecule has 0 radical (unpaired) electrons. The summed E-state index contributed by atoms with van der Waals surface area (Å²) in [6.45, 7) is 4.15. The van der Waals surface area contributed by atoms with Crippen molar-refractivity contribution >= 4 is 22.9 Å². The van der Waals surface area contributed by atoms with Crippen molar-refractivity contribution in [2.24, 2.45) is 0 Å². The van der Waals surface area contributed by atoms with Crippen molar-refractivity contribution in [1.82, 2.24) is 4.98 Å². The summed E-state index contributed by atoms with van der Waals surface area (Å²) < 4.78 is 5.30. The van der Waals surface area contributed by atoms with Crippen LogP contribution in [0, 0.1) is 13.8 Å². The minimum absolute atomic E-state index is 0.471. The van der Waals surface area contributed by atoms with Gasteiger partial charge >= 0.3 is 0 Å². The molecule has 0 bridgehead atoms. The van der Waals surface area contributed by atoms with Gasteiger partial charge in [-0.2, -0.15) is 0 Å². The zero-order chi connectivity index (χ0) is 12.4. The van der Waals surface area contributed by atoms with E-state index < -0.39 is 0 Å². The summed E-state index contributed by atoms with van der Waals surface area (Å²) in [6.07, 6.45) is 0. The van der Waals surface area contributed by atoms with Gasteiger partial charge in [0.1, 0.15) is 10.8 Å². The van der Waals surface area contributed by atoms with Crippen molar-refractivity contribution < 1.29 is 4.74 Å². The Balaban J connectivity index is 2.49. The molecular formula is C13H14ClNOS. The monoisotopic (exact) mass is 267 g/mol. The van der Waals surface area contributed by atoms with Gasteiger partial charge in [0.25, 0.3) is 0 Å². The second-order valence-electron chi connectivity index (χ2n) is 3.83. The molecule has 0 aliphatic carbocycles. The number of thiazole rings is 1. The number of methoxy groups -OCH3 is 1. The standard InChI is InChI=1S/C13H14ClNOS/c1-8-9(2)12(16-3)5-4-10(8)11-7-17-13(6-14)15-11/h4-5,7H,6H2,1-3H3. The molecule has 1 heterocycles. The number of ether oxygens (including phenoxy) is 1. The third-order valence-electron chi connectivity index (χ3n) is 2.90. The summed E-state index contributed by atoms with van der Waals surface area (Å²) in [6, 6.07) is 4.03. The number of hydrogen-bond acceptors (Lipinski definition) is 3. The van der Waals surface area contributed by atoms with Crippen LogP contribution in [0.3, 0.4) is 0 Å². The van der Waals surface area contributed by atoms with Crippen LogP contribution in [0.25, 0.3) is 11.3 Å².